The van der Waals surface area contributed by atoms with E-state index in [1.807, 2.05) is 0 Å². The number of carbonyl (C=O) groups excluding carboxylic acids is 1. The van der Waals surface area contributed by atoms with Gasteiger partial charge in [-0.15, -0.1) is 0 Å². The molecule has 2 aromatic rings. The third-order valence-electron chi connectivity index (χ3n) is 2.77. The first-order valence-electron chi connectivity index (χ1n) is 4.96. The summed E-state index contributed by atoms with van der Waals surface area (Å²) in [7, 11) is 1.62. The first-order valence-corrected chi connectivity index (χ1v) is 4.96. The SMILES string of the molecule is Cc1cc(C(F)(F)F)cc2c1c(C=O)cn2C. The minimum absolute atomic E-state index is 0.411. The lowest BCUT2D eigenvalue weighted by Gasteiger charge is -2.09. The molecule has 0 aliphatic rings. The second-order valence-electron chi connectivity index (χ2n) is 4.00. The third-order valence-corrected chi connectivity index (χ3v) is 2.77. The van der Waals surface area contributed by atoms with E-state index in [1.165, 1.54) is 10.8 Å². The number of hydrogen-bond acceptors (Lipinski definition) is 1. The van der Waals surface area contributed by atoms with Crippen molar-refractivity contribution in [3.63, 3.8) is 0 Å². The van der Waals surface area contributed by atoms with Crippen LogP contribution in [0.15, 0.2) is 18.3 Å². The fourth-order valence-corrected chi connectivity index (χ4v) is 2.02. The lowest BCUT2D eigenvalue weighted by Crippen LogP contribution is -2.05. The molecule has 90 valence electrons. The lowest BCUT2D eigenvalue weighted by molar-refractivity contribution is -0.137. The number of benzene rings is 1. The Bertz CT molecular complexity index is 596. The topological polar surface area (TPSA) is 22.0 Å². The van der Waals surface area contributed by atoms with Gasteiger partial charge in [0.15, 0.2) is 6.29 Å². The van der Waals surface area contributed by atoms with Crippen LogP contribution in [0, 0.1) is 6.92 Å². The van der Waals surface area contributed by atoms with Gasteiger partial charge in [0.05, 0.1) is 5.56 Å². The second kappa shape index (κ2) is 3.61. The number of aldehydes is 1. The Morgan fingerprint density at radius 1 is 1.29 bits per heavy atom. The Hall–Kier alpha value is -1.78. The van der Waals surface area contributed by atoms with Gasteiger partial charge in [0.25, 0.3) is 0 Å². The quantitative estimate of drug-likeness (QED) is 0.702. The number of rotatable bonds is 1. The summed E-state index contributed by atoms with van der Waals surface area (Å²) in [6.07, 6.45) is -2.18. The monoisotopic (exact) mass is 241 g/mol. The van der Waals surface area contributed by atoms with E-state index in [0.717, 1.165) is 12.1 Å². The van der Waals surface area contributed by atoms with Gasteiger partial charge in [0, 0.05) is 29.7 Å². The molecule has 5 heteroatoms. The zero-order chi connectivity index (χ0) is 12.8. The molecule has 0 N–H and O–H groups in total. The third kappa shape index (κ3) is 1.81. The van der Waals surface area contributed by atoms with E-state index >= 15 is 0 Å². The average molecular weight is 241 g/mol. The van der Waals surface area contributed by atoms with Crippen molar-refractivity contribution in [1.82, 2.24) is 4.57 Å². The number of aromatic nitrogens is 1. The molecule has 0 atom stereocenters. The van der Waals surface area contributed by atoms with Gasteiger partial charge < -0.3 is 4.57 Å². The molecule has 0 aliphatic carbocycles. The molecule has 0 radical (unpaired) electrons. The van der Waals surface area contributed by atoms with E-state index in [4.69, 9.17) is 0 Å². The number of nitrogens with zero attached hydrogens (tertiary/aromatic N) is 1. The van der Waals surface area contributed by atoms with Gasteiger partial charge in [-0.05, 0) is 24.6 Å². The van der Waals surface area contributed by atoms with Gasteiger partial charge in [0.1, 0.15) is 0 Å². The van der Waals surface area contributed by atoms with E-state index in [0.29, 0.717) is 28.3 Å². The maximum Gasteiger partial charge on any atom is 0.416 e. The number of hydrogen-bond donors (Lipinski definition) is 0. The molecule has 0 amide bonds. The minimum atomic E-state index is -4.37. The van der Waals surface area contributed by atoms with E-state index in [2.05, 4.69) is 0 Å². The molecule has 0 saturated heterocycles. The minimum Gasteiger partial charge on any atom is -0.350 e. The van der Waals surface area contributed by atoms with Gasteiger partial charge in [-0.1, -0.05) is 0 Å². The van der Waals surface area contributed by atoms with Gasteiger partial charge >= 0.3 is 6.18 Å². The maximum absolute atomic E-state index is 12.6. The molecule has 1 aromatic heterocycles. The highest BCUT2D eigenvalue weighted by molar-refractivity contribution is 5.99. The fraction of sp³-hybridized carbons (Fsp3) is 0.250. The number of fused-ring (bicyclic) bond motifs is 1. The van der Waals surface area contributed by atoms with Crippen LogP contribution in [0.3, 0.4) is 0 Å². The lowest BCUT2D eigenvalue weighted by atomic mass is 10.0. The van der Waals surface area contributed by atoms with Crippen molar-refractivity contribution in [2.45, 2.75) is 13.1 Å². The molecule has 0 unspecified atom stereocenters. The Labute approximate surface area is 95.7 Å². The summed E-state index contributed by atoms with van der Waals surface area (Å²) in [6.45, 7) is 1.57. The summed E-state index contributed by atoms with van der Waals surface area (Å²) in [6, 6.07) is 2.13. The number of alkyl halides is 3. The van der Waals surface area contributed by atoms with Gasteiger partial charge in [-0.25, -0.2) is 0 Å². The molecule has 0 bridgehead atoms. The van der Waals surface area contributed by atoms with Crippen LogP contribution in [0.4, 0.5) is 13.2 Å². The van der Waals surface area contributed by atoms with Gasteiger partial charge in [-0.3, -0.25) is 4.79 Å². The van der Waals surface area contributed by atoms with Gasteiger partial charge in [-0.2, -0.15) is 13.2 Å². The van der Waals surface area contributed by atoms with Crippen LogP contribution in [0.1, 0.15) is 21.5 Å². The standard InChI is InChI=1S/C12H10F3NO/c1-7-3-9(12(13,14)15)4-10-11(7)8(6-17)5-16(10)2/h3-6H,1-2H3. The van der Waals surface area contributed by atoms with E-state index in [1.54, 1.807) is 14.0 Å². The summed E-state index contributed by atoms with van der Waals surface area (Å²) in [5.74, 6) is 0. The van der Waals surface area contributed by atoms with Crippen LogP contribution in [0.5, 0.6) is 0 Å². The van der Waals surface area contributed by atoms with Crippen LogP contribution < -0.4 is 0 Å². The zero-order valence-electron chi connectivity index (χ0n) is 9.30. The molecule has 1 heterocycles. The molecule has 2 rings (SSSR count). The highest BCUT2D eigenvalue weighted by Gasteiger charge is 2.31. The Balaban J connectivity index is 2.83. The number of halogens is 3. The molecular weight excluding hydrogens is 231 g/mol. The van der Waals surface area contributed by atoms with Crippen LogP contribution in [0.2, 0.25) is 0 Å². The zero-order valence-corrected chi connectivity index (χ0v) is 9.30. The smallest absolute Gasteiger partial charge is 0.350 e. The van der Waals surface area contributed by atoms with Crippen molar-refractivity contribution < 1.29 is 18.0 Å². The first kappa shape index (κ1) is 11.7. The molecule has 2 nitrogen and oxygen atoms in total. The van der Waals surface area contributed by atoms with Crippen LogP contribution in [-0.2, 0) is 13.2 Å². The fourth-order valence-electron chi connectivity index (χ4n) is 2.02. The van der Waals surface area contributed by atoms with Crippen molar-refractivity contribution in [1.29, 1.82) is 0 Å². The number of carbonyl (C=O) groups is 1. The van der Waals surface area contributed by atoms with E-state index in [9.17, 15) is 18.0 Å². The second-order valence-corrected chi connectivity index (χ2v) is 4.00. The predicted molar refractivity (Wildman–Crippen MR) is 58.0 cm³/mol. The summed E-state index contributed by atoms with van der Waals surface area (Å²) in [5, 5.41) is 0.579. The average Bonchev–Trinajstić information content (AvgIpc) is 2.55. The van der Waals surface area contributed by atoms with Crippen molar-refractivity contribution in [2.24, 2.45) is 7.05 Å². The van der Waals surface area contributed by atoms with Crippen molar-refractivity contribution in [3.05, 3.63) is 35.0 Å². The summed E-state index contributed by atoms with van der Waals surface area (Å²) in [4.78, 5) is 10.8. The Kier molecular flexibility index (Phi) is 2.49. The van der Waals surface area contributed by atoms with E-state index < -0.39 is 11.7 Å². The van der Waals surface area contributed by atoms with Crippen molar-refractivity contribution in [3.8, 4) is 0 Å². The maximum atomic E-state index is 12.6. The van der Waals surface area contributed by atoms with Crippen molar-refractivity contribution >= 4 is 17.2 Å². The Morgan fingerprint density at radius 2 is 1.94 bits per heavy atom. The first-order chi connectivity index (χ1) is 7.84. The summed E-state index contributed by atoms with van der Waals surface area (Å²) in [5.41, 5.74) is 0.590. The van der Waals surface area contributed by atoms with Crippen molar-refractivity contribution in [2.75, 3.05) is 0 Å². The normalized spacial score (nSPS) is 12.1. The summed E-state index contributed by atoms with van der Waals surface area (Å²) < 4.78 is 39.4. The Morgan fingerprint density at radius 3 is 2.47 bits per heavy atom. The van der Waals surface area contributed by atoms with Crippen LogP contribution in [0.25, 0.3) is 10.9 Å². The predicted octanol–water partition coefficient (Wildman–Crippen LogP) is 3.32. The highest BCUT2D eigenvalue weighted by atomic mass is 19.4. The molecule has 0 fully saturated rings. The molecule has 0 spiro atoms. The summed E-state index contributed by atoms with van der Waals surface area (Å²) >= 11 is 0. The van der Waals surface area contributed by atoms with Gasteiger partial charge in [0.2, 0.25) is 0 Å². The largest absolute Gasteiger partial charge is 0.416 e. The molecular formula is C12H10F3NO. The van der Waals surface area contributed by atoms with Crippen LogP contribution in [-0.4, -0.2) is 10.9 Å². The molecule has 0 aliphatic heterocycles. The van der Waals surface area contributed by atoms with Crippen LogP contribution >= 0.6 is 0 Å². The molecule has 0 saturated carbocycles. The molecule has 17 heavy (non-hydrogen) atoms. The molecule has 1 aromatic carbocycles. The highest BCUT2D eigenvalue weighted by Crippen LogP contribution is 2.34. The number of aryl methyl sites for hydroxylation is 2. The van der Waals surface area contributed by atoms with E-state index in [-0.39, 0.29) is 0 Å².